The molecule has 0 bridgehead atoms. The van der Waals surface area contributed by atoms with E-state index >= 15 is 0 Å². The number of nitrogens with one attached hydrogen (secondary N) is 1. The molecule has 1 N–H and O–H groups in total. The molecule has 0 radical (unpaired) electrons. The van der Waals surface area contributed by atoms with Crippen LogP contribution in [-0.4, -0.2) is 20.9 Å². The van der Waals surface area contributed by atoms with Crippen LogP contribution in [0.2, 0.25) is 0 Å². The van der Waals surface area contributed by atoms with Crippen LogP contribution in [-0.2, 0) is 0 Å². The van der Waals surface area contributed by atoms with E-state index in [1.54, 1.807) is 30.7 Å². The minimum Gasteiger partial charge on any atom is -0.320 e. The summed E-state index contributed by atoms with van der Waals surface area (Å²) >= 11 is 1.33. The number of hydrogen-bond donors (Lipinski definition) is 1. The third-order valence-electron chi connectivity index (χ3n) is 2.81. The molecule has 3 aromatic rings. The molecule has 5 nitrogen and oxygen atoms in total. The van der Waals surface area contributed by atoms with Gasteiger partial charge in [-0.15, -0.1) is 11.3 Å². The molecule has 3 heterocycles. The van der Waals surface area contributed by atoms with Crippen LogP contribution in [0.1, 0.15) is 15.4 Å². The fourth-order valence-corrected chi connectivity index (χ4v) is 2.77. The van der Waals surface area contributed by atoms with Crippen LogP contribution in [0.25, 0.3) is 10.7 Å². The molecule has 0 fully saturated rings. The Bertz CT molecular complexity index is 756. The summed E-state index contributed by atoms with van der Waals surface area (Å²) in [7, 11) is 0. The van der Waals surface area contributed by atoms with Crippen LogP contribution in [0.4, 0.5) is 5.69 Å². The van der Waals surface area contributed by atoms with Crippen molar-refractivity contribution in [2.24, 2.45) is 0 Å². The Kier molecular flexibility index (Phi) is 3.70. The number of aryl methyl sites for hydroxylation is 1. The van der Waals surface area contributed by atoms with E-state index in [1.807, 2.05) is 25.1 Å². The van der Waals surface area contributed by atoms with Crippen molar-refractivity contribution in [3.8, 4) is 10.7 Å². The van der Waals surface area contributed by atoms with Gasteiger partial charge in [0.1, 0.15) is 9.88 Å². The average Bonchev–Trinajstić information content (AvgIpc) is 2.91. The number of anilines is 1. The quantitative estimate of drug-likeness (QED) is 0.806. The van der Waals surface area contributed by atoms with Gasteiger partial charge in [-0.2, -0.15) is 0 Å². The summed E-state index contributed by atoms with van der Waals surface area (Å²) < 4.78 is 0. The van der Waals surface area contributed by atoms with Crippen LogP contribution in [0.5, 0.6) is 0 Å². The van der Waals surface area contributed by atoms with Gasteiger partial charge < -0.3 is 5.32 Å². The third-order valence-corrected chi connectivity index (χ3v) is 3.98. The highest BCUT2D eigenvalue weighted by Gasteiger charge is 2.16. The summed E-state index contributed by atoms with van der Waals surface area (Å²) in [5.41, 5.74) is 2.13. The molecule has 0 saturated carbocycles. The number of pyridine rings is 2. The Balaban J connectivity index is 1.86. The smallest absolute Gasteiger partial charge is 0.267 e. The Morgan fingerprint density at radius 2 is 2.10 bits per heavy atom. The first-order valence-electron chi connectivity index (χ1n) is 6.34. The van der Waals surface area contributed by atoms with Gasteiger partial charge in [-0.1, -0.05) is 6.07 Å². The predicted molar refractivity (Wildman–Crippen MR) is 82.3 cm³/mol. The molecular formula is C15H12N4OS. The van der Waals surface area contributed by atoms with E-state index < -0.39 is 0 Å². The molecule has 0 unspecified atom stereocenters. The van der Waals surface area contributed by atoms with Crippen molar-refractivity contribution in [2.75, 3.05) is 5.32 Å². The maximum Gasteiger partial charge on any atom is 0.267 e. The van der Waals surface area contributed by atoms with Crippen LogP contribution in [0, 0.1) is 6.92 Å². The van der Waals surface area contributed by atoms with Crippen molar-refractivity contribution in [2.45, 2.75) is 6.92 Å². The molecule has 0 aromatic carbocycles. The summed E-state index contributed by atoms with van der Waals surface area (Å²) in [6, 6.07) is 9.19. The van der Waals surface area contributed by atoms with Crippen LogP contribution in [0.15, 0.2) is 48.9 Å². The monoisotopic (exact) mass is 296 g/mol. The van der Waals surface area contributed by atoms with Crippen molar-refractivity contribution >= 4 is 22.9 Å². The van der Waals surface area contributed by atoms with Gasteiger partial charge in [0.15, 0.2) is 0 Å². The number of hydrogen-bond acceptors (Lipinski definition) is 5. The lowest BCUT2D eigenvalue weighted by Crippen LogP contribution is -2.11. The summed E-state index contributed by atoms with van der Waals surface area (Å²) in [6.45, 7) is 1.82. The first-order chi connectivity index (χ1) is 10.2. The zero-order valence-electron chi connectivity index (χ0n) is 11.3. The Morgan fingerprint density at radius 3 is 2.81 bits per heavy atom. The van der Waals surface area contributed by atoms with Gasteiger partial charge in [-0.3, -0.25) is 14.8 Å². The molecule has 3 rings (SSSR count). The van der Waals surface area contributed by atoms with E-state index in [0.717, 1.165) is 10.7 Å². The Morgan fingerprint density at radius 1 is 1.19 bits per heavy atom. The highest BCUT2D eigenvalue weighted by molar-refractivity contribution is 7.17. The van der Waals surface area contributed by atoms with Gasteiger partial charge in [-0.05, 0) is 31.2 Å². The van der Waals surface area contributed by atoms with Gasteiger partial charge in [0.05, 0.1) is 23.3 Å². The Labute approximate surface area is 125 Å². The molecule has 21 heavy (non-hydrogen) atoms. The van der Waals surface area contributed by atoms with Crippen LogP contribution >= 0.6 is 11.3 Å². The molecular weight excluding hydrogens is 284 g/mol. The van der Waals surface area contributed by atoms with Crippen molar-refractivity contribution in [3.63, 3.8) is 0 Å². The van der Waals surface area contributed by atoms with Crippen molar-refractivity contribution < 1.29 is 4.79 Å². The highest BCUT2D eigenvalue weighted by atomic mass is 32.1. The lowest BCUT2D eigenvalue weighted by molar-refractivity contribution is 0.103. The summed E-state index contributed by atoms with van der Waals surface area (Å²) in [6.07, 6.45) is 4.97. The minimum absolute atomic E-state index is 0.180. The number of carbonyl (C=O) groups is 1. The minimum atomic E-state index is -0.180. The zero-order valence-corrected chi connectivity index (χ0v) is 12.1. The van der Waals surface area contributed by atoms with Crippen LogP contribution < -0.4 is 5.32 Å². The Hall–Kier alpha value is -2.60. The number of carbonyl (C=O) groups excluding carboxylic acids is 1. The standard InChI is InChI=1S/C15H12N4OS/c1-10-13(14(20)19-11-5-4-7-16-9-11)21-15(18-10)12-6-2-3-8-17-12/h2-9H,1H3,(H,19,20). The lowest BCUT2D eigenvalue weighted by Gasteiger charge is -2.02. The molecule has 3 aromatic heterocycles. The second-order valence-corrected chi connectivity index (χ2v) is 5.34. The first kappa shape index (κ1) is 13.4. The number of rotatable bonds is 3. The molecule has 0 aliphatic rings. The number of aromatic nitrogens is 3. The molecule has 0 spiro atoms. The fraction of sp³-hybridized carbons (Fsp3) is 0.0667. The molecule has 104 valence electrons. The molecule has 0 aliphatic heterocycles. The van der Waals surface area contributed by atoms with Crippen molar-refractivity contribution in [1.82, 2.24) is 15.0 Å². The number of thiazole rings is 1. The maximum absolute atomic E-state index is 12.3. The third kappa shape index (κ3) is 2.95. The van der Waals surface area contributed by atoms with E-state index in [0.29, 0.717) is 16.3 Å². The van der Waals surface area contributed by atoms with Gasteiger partial charge >= 0.3 is 0 Å². The van der Waals surface area contributed by atoms with Gasteiger partial charge in [0.25, 0.3) is 5.91 Å². The van der Waals surface area contributed by atoms with E-state index in [9.17, 15) is 4.79 Å². The summed E-state index contributed by atoms with van der Waals surface area (Å²) in [5.74, 6) is -0.180. The topological polar surface area (TPSA) is 67.8 Å². The van der Waals surface area contributed by atoms with Gasteiger partial charge in [-0.25, -0.2) is 4.98 Å². The van der Waals surface area contributed by atoms with Gasteiger partial charge in [0.2, 0.25) is 0 Å². The van der Waals surface area contributed by atoms with Gasteiger partial charge in [0, 0.05) is 12.4 Å². The van der Waals surface area contributed by atoms with Crippen molar-refractivity contribution in [3.05, 3.63) is 59.5 Å². The summed E-state index contributed by atoms with van der Waals surface area (Å²) in [5, 5.41) is 3.55. The van der Waals surface area contributed by atoms with E-state index in [-0.39, 0.29) is 5.91 Å². The molecule has 1 amide bonds. The van der Waals surface area contributed by atoms with Crippen molar-refractivity contribution in [1.29, 1.82) is 0 Å². The van der Waals surface area contributed by atoms with E-state index in [1.165, 1.54) is 11.3 Å². The largest absolute Gasteiger partial charge is 0.320 e. The van der Waals surface area contributed by atoms with E-state index in [4.69, 9.17) is 0 Å². The normalized spacial score (nSPS) is 10.3. The first-order valence-corrected chi connectivity index (χ1v) is 7.16. The SMILES string of the molecule is Cc1nc(-c2ccccn2)sc1C(=O)Nc1cccnc1. The molecule has 0 aliphatic carbocycles. The summed E-state index contributed by atoms with van der Waals surface area (Å²) in [4.78, 5) is 25.5. The lowest BCUT2D eigenvalue weighted by atomic mass is 10.3. The molecule has 0 saturated heterocycles. The zero-order chi connectivity index (χ0) is 14.7. The van der Waals surface area contributed by atoms with E-state index in [2.05, 4.69) is 20.3 Å². The second kappa shape index (κ2) is 5.80. The second-order valence-electron chi connectivity index (χ2n) is 4.34. The number of nitrogens with zero attached hydrogens (tertiary/aromatic N) is 3. The average molecular weight is 296 g/mol. The maximum atomic E-state index is 12.3. The molecule has 0 atom stereocenters. The highest BCUT2D eigenvalue weighted by Crippen LogP contribution is 2.26. The molecule has 6 heteroatoms. The predicted octanol–water partition coefficient (Wildman–Crippen LogP) is 3.16. The number of amides is 1. The fourth-order valence-electron chi connectivity index (χ4n) is 1.83. The van der Waals surface area contributed by atoms with Crippen LogP contribution in [0.3, 0.4) is 0 Å².